The highest BCUT2D eigenvalue weighted by atomic mass is 35.5. The van der Waals surface area contributed by atoms with Crippen LogP contribution in [0.1, 0.15) is 10.4 Å². The van der Waals surface area contributed by atoms with E-state index < -0.39 is 5.91 Å². The first kappa shape index (κ1) is 18.9. The molecule has 1 heterocycles. The number of phenols is 1. The summed E-state index contributed by atoms with van der Waals surface area (Å²) in [4.78, 5) is 24.1. The van der Waals surface area contributed by atoms with Gasteiger partial charge in [0.25, 0.3) is 5.91 Å². The lowest BCUT2D eigenvalue weighted by molar-refractivity contribution is 0.102. The van der Waals surface area contributed by atoms with Crippen molar-refractivity contribution in [3.05, 3.63) is 76.8 Å². The number of fused-ring (bicyclic) bond motifs is 1. The van der Waals surface area contributed by atoms with Crippen molar-refractivity contribution in [3.8, 4) is 5.75 Å². The van der Waals surface area contributed by atoms with Gasteiger partial charge in [0, 0.05) is 16.8 Å². The molecule has 0 saturated heterocycles. The molecule has 4 aromatic rings. The van der Waals surface area contributed by atoms with E-state index in [-0.39, 0.29) is 27.8 Å². The standard InChI is InChI=1S/C20H13Cl2N5O2/c21-18-25-19(22)27-20(26-18)24-13-8-6-12(7-9-13)23-17(29)15-10-5-11-3-1-2-4-14(11)16(15)28/h1-10,28H,(H,23,29)(H,24,25,26,27). The Bertz CT molecular complexity index is 1200. The van der Waals surface area contributed by atoms with Gasteiger partial charge in [-0.2, -0.15) is 15.0 Å². The van der Waals surface area contributed by atoms with Gasteiger partial charge in [-0.25, -0.2) is 0 Å². The normalized spacial score (nSPS) is 10.7. The summed E-state index contributed by atoms with van der Waals surface area (Å²) in [6.07, 6.45) is 0. The van der Waals surface area contributed by atoms with Crippen LogP contribution in [0, 0.1) is 0 Å². The number of anilines is 3. The Kier molecular flexibility index (Phi) is 5.16. The quantitative estimate of drug-likeness (QED) is 0.423. The van der Waals surface area contributed by atoms with E-state index in [1.165, 1.54) is 0 Å². The fourth-order valence-electron chi connectivity index (χ4n) is 2.78. The molecule has 1 amide bonds. The van der Waals surface area contributed by atoms with Crippen molar-refractivity contribution in [1.82, 2.24) is 15.0 Å². The summed E-state index contributed by atoms with van der Waals surface area (Å²) in [6, 6.07) is 17.5. The van der Waals surface area contributed by atoms with E-state index in [0.717, 1.165) is 5.39 Å². The Balaban J connectivity index is 1.50. The molecule has 29 heavy (non-hydrogen) atoms. The number of aromatic hydroxyl groups is 1. The highest BCUT2D eigenvalue weighted by Crippen LogP contribution is 2.29. The molecular weight excluding hydrogens is 413 g/mol. The van der Waals surface area contributed by atoms with Crippen molar-refractivity contribution in [2.45, 2.75) is 0 Å². The number of phenolic OH excluding ortho intramolecular Hbond substituents is 1. The van der Waals surface area contributed by atoms with Gasteiger partial charge in [-0.05, 0) is 58.9 Å². The Morgan fingerprint density at radius 1 is 0.828 bits per heavy atom. The molecule has 3 N–H and O–H groups in total. The third kappa shape index (κ3) is 4.21. The number of aromatic nitrogens is 3. The Hall–Kier alpha value is -3.42. The minimum atomic E-state index is -0.412. The van der Waals surface area contributed by atoms with Crippen LogP contribution in [0.4, 0.5) is 17.3 Å². The number of carbonyl (C=O) groups excluding carboxylic acids is 1. The number of nitrogens with one attached hydrogen (secondary N) is 2. The van der Waals surface area contributed by atoms with Gasteiger partial charge in [0.05, 0.1) is 5.56 Å². The predicted molar refractivity (Wildman–Crippen MR) is 113 cm³/mol. The largest absolute Gasteiger partial charge is 0.506 e. The van der Waals surface area contributed by atoms with Gasteiger partial charge < -0.3 is 15.7 Å². The lowest BCUT2D eigenvalue weighted by Crippen LogP contribution is -2.12. The van der Waals surface area contributed by atoms with Crippen molar-refractivity contribution in [3.63, 3.8) is 0 Å². The van der Waals surface area contributed by atoms with Crippen LogP contribution in [0.3, 0.4) is 0 Å². The topological polar surface area (TPSA) is 100 Å². The van der Waals surface area contributed by atoms with E-state index in [1.807, 2.05) is 18.2 Å². The first-order valence-corrected chi connectivity index (χ1v) is 9.21. The third-order valence-corrected chi connectivity index (χ3v) is 4.46. The maximum Gasteiger partial charge on any atom is 0.259 e. The second kappa shape index (κ2) is 7.90. The number of halogens is 2. The molecule has 0 radical (unpaired) electrons. The molecule has 144 valence electrons. The zero-order valence-electron chi connectivity index (χ0n) is 14.7. The number of hydrogen-bond acceptors (Lipinski definition) is 6. The van der Waals surface area contributed by atoms with Crippen molar-refractivity contribution in [2.24, 2.45) is 0 Å². The van der Waals surface area contributed by atoms with Crippen LogP contribution in [0.25, 0.3) is 10.8 Å². The maximum atomic E-state index is 12.6. The van der Waals surface area contributed by atoms with E-state index in [9.17, 15) is 9.90 Å². The molecule has 0 unspecified atom stereocenters. The van der Waals surface area contributed by atoms with Crippen molar-refractivity contribution >= 4 is 57.2 Å². The van der Waals surface area contributed by atoms with Crippen LogP contribution in [0.2, 0.25) is 10.6 Å². The highest BCUT2D eigenvalue weighted by molar-refractivity contribution is 6.31. The van der Waals surface area contributed by atoms with Crippen LogP contribution >= 0.6 is 23.2 Å². The average Bonchev–Trinajstić information content (AvgIpc) is 2.69. The van der Waals surface area contributed by atoms with Crippen LogP contribution in [0.15, 0.2) is 60.7 Å². The van der Waals surface area contributed by atoms with E-state index in [2.05, 4.69) is 25.6 Å². The molecule has 7 nitrogen and oxygen atoms in total. The average molecular weight is 426 g/mol. The highest BCUT2D eigenvalue weighted by Gasteiger charge is 2.14. The van der Waals surface area contributed by atoms with Gasteiger partial charge in [-0.3, -0.25) is 4.79 Å². The van der Waals surface area contributed by atoms with Crippen LogP contribution in [0.5, 0.6) is 5.75 Å². The SMILES string of the molecule is O=C(Nc1ccc(Nc2nc(Cl)nc(Cl)n2)cc1)c1ccc2ccccc2c1O. The monoisotopic (exact) mass is 425 g/mol. The van der Waals surface area contributed by atoms with E-state index in [1.54, 1.807) is 42.5 Å². The van der Waals surface area contributed by atoms with Crippen LogP contribution in [-0.4, -0.2) is 26.0 Å². The number of nitrogens with zero attached hydrogens (tertiary/aromatic N) is 3. The second-order valence-corrected chi connectivity index (χ2v) is 6.71. The van der Waals surface area contributed by atoms with Gasteiger partial charge >= 0.3 is 0 Å². The fourth-order valence-corrected chi connectivity index (χ4v) is 3.15. The molecule has 4 rings (SSSR count). The lowest BCUT2D eigenvalue weighted by Gasteiger charge is -2.10. The van der Waals surface area contributed by atoms with E-state index in [0.29, 0.717) is 16.8 Å². The molecule has 0 fully saturated rings. The number of amides is 1. The van der Waals surface area contributed by atoms with E-state index in [4.69, 9.17) is 23.2 Å². The lowest BCUT2D eigenvalue weighted by atomic mass is 10.0. The van der Waals surface area contributed by atoms with Crippen molar-refractivity contribution < 1.29 is 9.90 Å². The third-order valence-electron chi connectivity index (χ3n) is 4.12. The molecule has 9 heteroatoms. The number of rotatable bonds is 4. The van der Waals surface area contributed by atoms with E-state index >= 15 is 0 Å². The first-order chi connectivity index (χ1) is 14.0. The zero-order valence-corrected chi connectivity index (χ0v) is 16.2. The zero-order chi connectivity index (χ0) is 20.4. The summed E-state index contributed by atoms with van der Waals surface area (Å²) in [5.41, 5.74) is 1.41. The molecule has 0 bridgehead atoms. The minimum absolute atomic E-state index is 0.0217. The molecule has 0 saturated carbocycles. The summed E-state index contributed by atoms with van der Waals surface area (Å²) in [6.45, 7) is 0. The van der Waals surface area contributed by atoms with Gasteiger partial charge in [-0.1, -0.05) is 30.3 Å². The van der Waals surface area contributed by atoms with Crippen molar-refractivity contribution in [1.29, 1.82) is 0 Å². The Morgan fingerprint density at radius 3 is 2.21 bits per heavy atom. The molecule has 3 aromatic carbocycles. The Morgan fingerprint density at radius 2 is 1.48 bits per heavy atom. The molecule has 0 spiro atoms. The maximum absolute atomic E-state index is 12.6. The molecule has 1 aromatic heterocycles. The molecular formula is C20H13Cl2N5O2. The first-order valence-electron chi connectivity index (χ1n) is 8.46. The summed E-state index contributed by atoms with van der Waals surface area (Å²) in [5.74, 6) is -0.264. The second-order valence-electron chi connectivity index (χ2n) is 6.04. The number of benzene rings is 3. The predicted octanol–water partition coefficient (Wildman–Crippen LogP) is 5.03. The van der Waals surface area contributed by atoms with Crippen molar-refractivity contribution in [2.75, 3.05) is 10.6 Å². The Labute approximate surface area is 175 Å². The molecule has 0 atom stereocenters. The summed E-state index contributed by atoms with van der Waals surface area (Å²) in [5, 5.41) is 17.6. The van der Waals surface area contributed by atoms with Gasteiger partial charge in [-0.15, -0.1) is 0 Å². The smallest absolute Gasteiger partial charge is 0.259 e. The van der Waals surface area contributed by atoms with Gasteiger partial charge in [0.1, 0.15) is 5.75 Å². The minimum Gasteiger partial charge on any atom is -0.506 e. The van der Waals surface area contributed by atoms with Crippen LogP contribution in [-0.2, 0) is 0 Å². The summed E-state index contributed by atoms with van der Waals surface area (Å²) >= 11 is 11.5. The van der Waals surface area contributed by atoms with Gasteiger partial charge in [0.2, 0.25) is 16.5 Å². The van der Waals surface area contributed by atoms with Crippen LogP contribution < -0.4 is 10.6 Å². The number of carbonyl (C=O) groups is 1. The fraction of sp³-hybridized carbons (Fsp3) is 0. The summed E-state index contributed by atoms with van der Waals surface area (Å²) < 4.78 is 0. The molecule has 0 aliphatic carbocycles. The molecule has 0 aliphatic rings. The van der Waals surface area contributed by atoms with Gasteiger partial charge in [0.15, 0.2) is 0 Å². The number of hydrogen-bond donors (Lipinski definition) is 3. The molecule has 0 aliphatic heterocycles. The summed E-state index contributed by atoms with van der Waals surface area (Å²) in [7, 11) is 0.